The van der Waals surface area contributed by atoms with E-state index >= 15 is 0 Å². The molecule has 0 aliphatic rings. The highest BCUT2D eigenvalue weighted by atomic mass is 35.5. The Hall–Kier alpha value is -0.120. The van der Waals surface area contributed by atoms with Crippen molar-refractivity contribution in [2.75, 3.05) is 0 Å². The third kappa shape index (κ3) is 4.09. The molecule has 0 amide bonds. The highest BCUT2D eigenvalue weighted by Crippen LogP contribution is 2.29. The van der Waals surface area contributed by atoms with Gasteiger partial charge in [0.15, 0.2) is 0 Å². The normalized spacial score (nSPS) is 14.2. The summed E-state index contributed by atoms with van der Waals surface area (Å²) in [5.41, 5.74) is 0.806. The predicted molar refractivity (Wildman–Crippen MR) is 65.5 cm³/mol. The van der Waals surface area contributed by atoms with Gasteiger partial charge in [0.2, 0.25) is 0 Å². The Labute approximate surface area is 101 Å². The highest BCUT2D eigenvalue weighted by molar-refractivity contribution is 7.09. The largest absolute Gasteiger partial charge is 0.365 e. The van der Waals surface area contributed by atoms with Gasteiger partial charge in [0.05, 0.1) is 17.2 Å². The number of alkyl halides is 1. The first-order chi connectivity index (χ1) is 6.96. The second-order valence-electron chi connectivity index (χ2n) is 4.44. The number of hydrogen-bond donors (Lipinski definition) is 0. The first-order valence-electron chi connectivity index (χ1n) is 5.14. The van der Waals surface area contributed by atoms with Gasteiger partial charge in [-0.3, -0.25) is 0 Å². The number of thiazole rings is 1. The number of ether oxygens (including phenoxy) is 1. The lowest BCUT2D eigenvalue weighted by Crippen LogP contribution is -2.22. The molecule has 1 aromatic rings. The predicted octanol–water partition coefficient (Wildman–Crippen LogP) is 4.15. The summed E-state index contributed by atoms with van der Waals surface area (Å²) >= 11 is 7.35. The van der Waals surface area contributed by atoms with Crippen molar-refractivity contribution >= 4 is 22.9 Å². The molecule has 0 saturated heterocycles. The fraction of sp³-hybridized carbons (Fsp3) is 0.727. The van der Waals surface area contributed by atoms with Crippen LogP contribution in [0.3, 0.4) is 0 Å². The molecule has 86 valence electrons. The summed E-state index contributed by atoms with van der Waals surface area (Å²) in [6.45, 7) is 8.29. The zero-order valence-electron chi connectivity index (χ0n) is 9.71. The van der Waals surface area contributed by atoms with E-state index in [9.17, 15) is 0 Å². The lowest BCUT2D eigenvalue weighted by molar-refractivity contribution is -0.0632. The molecule has 0 N–H and O–H groups in total. The van der Waals surface area contributed by atoms with Crippen LogP contribution in [0.1, 0.15) is 50.9 Å². The van der Waals surface area contributed by atoms with Crippen LogP contribution in [0.25, 0.3) is 0 Å². The Kier molecular flexibility index (Phi) is 4.56. The molecule has 1 unspecified atom stereocenters. The van der Waals surface area contributed by atoms with Crippen LogP contribution in [0.2, 0.25) is 0 Å². The fourth-order valence-electron chi connectivity index (χ4n) is 1.27. The molecule has 15 heavy (non-hydrogen) atoms. The van der Waals surface area contributed by atoms with E-state index in [1.807, 2.05) is 5.38 Å². The lowest BCUT2D eigenvalue weighted by atomic mass is 10.1. The lowest BCUT2D eigenvalue weighted by Gasteiger charge is -2.25. The van der Waals surface area contributed by atoms with Gasteiger partial charge in [-0.2, -0.15) is 0 Å². The molecule has 0 aromatic carbocycles. The summed E-state index contributed by atoms with van der Waals surface area (Å²) in [5, 5.41) is 3.03. The average molecular weight is 248 g/mol. The second kappa shape index (κ2) is 5.28. The van der Waals surface area contributed by atoms with E-state index in [-0.39, 0.29) is 11.7 Å². The Morgan fingerprint density at radius 2 is 2.20 bits per heavy atom. The van der Waals surface area contributed by atoms with Gasteiger partial charge in [-0.15, -0.1) is 22.9 Å². The maximum absolute atomic E-state index is 5.94. The number of hydrogen-bond acceptors (Lipinski definition) is 3. The maximum Gasteiger partial charge on any atom is 0.122 e. The van der Waals surface area contributed by atoms with Crippen molar-refractivity contribution in [3.05, 3.63) is 16.1 Å². The molecule has 0 aliphatic carbocycles. The van der Waals surface area contributed by atoms with E-state index in [2.05, 4.69) is 32.7 Å². The SMILES string of the molecule is CCC(OC(C)(C)C)c1nc(CCl)cs1. The Morgan fingerprint density at radius 1 is 1.53 bits per heavy atom. The van der Waals surface area contributed by atoms with Gasteiger partial charge in [-0.05, 0) is 27.2 Å². The third-order valence-electron chi connectivity index (χ3n) is 1.85. The summed E-state index contributed by atoms with van der Waals surface area (Å²) in [7, 11) is 0. The van der Waals surface area contributed by atoms with E-state index in [1.54, 1.807) is 11.3 Å². The van der Waals surface area contributed by atoms with Gasteiger partial charge in [-0.1, -0.05) is 6.92 Å². The topological polar surface area (TPSA) is 22.1 Å². The van der Waals surface area contributed by atoms with E-state index in [0.717, 1.165) is 17.1 Å². The van der Waals surface area contributed by atoms with Crippen molar-refractivity contribution in [3.8, 4) is 0 Å². The van der Waals surface area contributed by atoms with Crippen LogP contribution in [0.15, 0.2) is 5.38 Å². The summed E-state index contributed by atoms with van der Waals surface area (Å²) in [5.74, 6) is 0.475. The monoisotopic (exact) mass is 247 g/mol. The van der Waals surface area contributed by atoms with Crippen LogP contribution in [-0.4, -0.2) is 10.6 Å². The Morgan fingerprint density at radius 3 is 2.60 bits per heavy atom. The third-order valence-corrected chi connectivity index (χ3v) is 3.11. The maximum atomic E-state index is 5.94. The molecule has 4 heteroatoms. The highest BCUT2D eigenvalue weighted by Gasteiger charge is 2.21. The number of aromatic nitrogens is 1. The van der Waals surface area contributed by atoms with E-state index in [4.69, 9.17) is 16.3 Å². The molecule has 0 bridgehead atoms. The van der Waals surface area contributed by atoms with Crippen LogP contribution in [0.4, 0.5) is 0 Å². The minimum absolute atomic E-state index is 0.0898. The minimum Gasteiger partial charge on any atom is -0.365 e. The van der Waals surface area contributed by atoms with E-state index < -0.39 is 0 Å². The molecule has 0 spiro atoms. The summed E-state index contributed by atoms with van der Waals surface area (Å²) in [6.07, 6.45) is 1.03. The molecule has 1 atom stereocenters. The van der Waals surface area contributed by atoms with Crippen molar-refractivity contribution in [1.82, 2.24) is 4.98 Å². The van der Waals surface area contributed by atoms with Gasteiger partial charge >= 0.3 is 0 Å². The van der Waals surface area contributed by atoms with Crippen molar-refractivity contribution in [3.63, 3.8) is 0 Å². The molecule has 0 saturated carbocycles. The van der Waals surface area contributed by atoms with Crippen LogP contribution in [0.5, 0.6) is 0 Å². The smallest absolute Gasteiger partial charge is 0.122 e. The molecular weight excluding hydrogens is 230 g/mol. The molecule has 1 heterocycles. The molecule has 0 fully saturated rings. The standard InChI is InChI=1S/C11H18ClNOS/c1-5-9(14-11(2,3)4)10-13-8(6-12)7-15-10/h7,9H,5-6H2,1-4H3. The summed E-state index contributed by atoms with van der Waals surface area (Å²) in [4.78, 5) is 4.45. The van der Waals surface area contributed by atoms with E-state index in [1.165, 1.54) is 0 Å². The van der Waals surface area contributed by atoms with Gasteiger partial charge in [0.25, 0.3) is 0 Å². The van der Waals surface area contributed by atoms with Crippen LogP contribution in [0, 0.1) is 0 Å². The van der Waals surface area contributed by atoms with Crippen molar-refractivity contribution < 1.29 is 4.74 Å². The zero-order chi connectivity index (χ0) is 11.5. The number of nitrogens with zero attached hydrogens (tertiary/aromatic N) is 1. The van der Waals surface area contributed by atoms with Crippen molar-refractivity contribution in [2.24, 2.45) is 0 Å². The van der Waals surface area contributed by atoms with Crippen molar-refractivity contribution in [1.29, 1.82) is 0 Å². The van der Waals surface area contributed by atoms with Crippen LogP contribution in [-0.2, 0) is 10.6 Å². The molecule has 0 aliphatic heterocycles. The first kappa shape index (κ1) is 12.9. The summed E-state index contributed by atoms with van der Waals surface area (Å²) in [6, 6.07) is 0. The second-order valence-corrected chi connectivity index (χ2v) is 5.59. The first-order valence-corrected chi connectivity index (χ1v) is 6.55. The van der Waals surface area contributed by atoms with Gasteiger partial charge in [0, 0.05) is 5.38 Å². The van der Waals surface area contributed by atoms with Gasteiger partial charge < -0.3 is 4.74 Å². The van der Waals surface area contributed by atoms with Gasteiger partial charge in [0.1, 0.15) is 11.1 Å². The molecule has 2 nitrogen and oxygen atoms in total. The zero-order valence-corrected chi connectivity index (χ0v) is 11.3. The fourth-order valence-corrected chi connectivity index (χ4v) is 2.42. The summed E-state index contributed by atoms with van der Waals surface area (Å²) < 4.78 is 5.94. The quantitative estimate of drug-likeness (QED) is 0.746. The van der Waals surface area contributed by atoms with Gasteiger partial charge in [-0.25, -0.2) is 4.98 Å². The average Bonchev–Trinajstić information content (AvgIpc) is 2.60. The number of halogens is 1. The minimum atomic E-state index is -0.131. The molecular formula is C11H18ClNOS. The number of rotatable bonds is 4. The molecule has 1 aromatic heterocycles. The van der Waals surface area contributed by atoms with E-state index in [0.29, 0.717) is 5.88 Å². The Balaban J connectivity index is 2.74. The van der Waals surface area contributed by atoms with Crippen molar-refractivity contribution in [2.45, 2.75) is 51.7 Å². The molecule has 0 radical (unpaired) electrons. The van der Waals surface area contributed by atoms with Crippen LogP contribution >= 0.6 is 22.9 Å². The van der Waals surface area contributed by atoms with Crippen LogP contribution < -0.4 is 0 Å². The molecule has 1 rings (SSSR count). The Bertz CT molecular complexity index is 306.